The second-order valence-electron chi connectivity index (χ2n) is 7.19. The van der Waals surface area contributed by atoms with E-state index in [1.54, 1.807) is 0 Å². The molecule has 9 heteroatoms. The van der Waals surface area contributed by atoms with Crippen LogP contribution in [0.5, 0.6) is 11.5 Å². The fraction of sp³-hybridized carbons (Fsp3) is 0.238. The molecule has 0 fully saturated rings. The lowest BCUT2D eigenvalue weighted by molar-refractivity contribution is -0.137. The zero-order chi connectivity index (χ0) is 21.5. The van der Waals surface area contributed by atoms with Gasteiger partial charge in [0.1, 0.15) is 17.3 Å². The molecule has 1 aliphatic heterocycles. The highest BCUT2D eigenvalue weighted by Crippen LogP contribution is 2.30. The summed E-state index contributed by atoms with van der Waals surface area (Å²) >= 11 is 0. The Bertz CT molecular complexity index is 1140. The maximum absolute atomic E-state index is 12.7. The zero-order valence-electron chi connectivity index (χ0n) is 15.7. The molecule has 0 atom stereocenters. The summed E-state index contributed by atoms with van der Waals surface area (Å²) in [6.07, 6.45) is -3.95. The van der Waals surface area contributed by atoms with Gasteiger partial charge >= 0.3 is 6.18 Å². The first-order valence-corrected chi connectivity index (χ1v) is 9.23. The van der Waals surface area contributed by atoms with Gasteiger partial charge in [-0.2, -0.15) is 13.2 Å². The number of aromatic amines is 1. The molecule has 2 heterocycles. The Morgan fingerprint density at radius 1 is 1.10 bits per heavy atom. The summed E-state index contributed by atoms with van der Waals surface area (Å²) in [6.45, 7) is 1.23. The average Bonchev–Trinajstić information content (AvgIpc) is 2.70. The van der Waals surface area contributed by atoms with Crippen LogP contribution in [0.2, 0.25) is 0 Å². The molecule has 0 radical (unpaired) electrons. The van der Waals surface area contributed by atoms with E-state index in [1.165, 1.54) is 30.3 Å². The number of phenols is 2. The number of fused-ring (bicyclic) bond motifs is 1. The highest BCUT2D eigenvalue weighted by atomic mass is 19.4. The molecule has 6 nitrogen and oxygen atoms in total. The molecule has 0 bridgehead atoms. The monoisotopic (exact) mass is 417 g/mol. The standard InChI is InChI=1S/C21H18F3N3O3/c22-21(23,24)14-3-1-12(2-4-14)19-25-17-7-8-27(11-16(17)20(30)26-19)10-13-9-15(28)5-6-18(13)29/h1-6,9,28-29H,7-8,10-11H2,(H,25,26,30). The third-order valence-corrected chi connectivity index (χ3v) is 5.09. The van der Waals surface area contributed by atoms with Crippen molar-refractivity contribution in [1.82, 2.24) is 14.9 Å². The molecule has 0 amide bonds. The van der Waals surface area contributed by atoms with Gasteiger partial charge in [-0.3, -0.25) is 9.69 Å². The van der Waals surface area contributed by atoms with Crippen molar-refractivity contribution in [2.75, 3.05) is 6.54 Å². The number of rotatable bonds is 3. The summed E-state index contributed by atoms with van der Waals surface area (Å²) in [5.74, 6) is 0.329. The summed E-state index contributed by atoms with van der Waals surface area (Å²) in [5, 5.41) is 19.6. The number of nitrogens with zero attached hydrogens (tertiary/aromatic N) is 2. The molecule has 0 spiro atoms. The summed E-state index contributed by atoms with van der Waals surface area (Å²) in [5.41, 5.74) is 0.915. The van der Waals surface area contributed by atoms with Crippen LogP contribution in [0, 0.1) is 0 Å². The number of aromatic hydroxyl groups is 2. The fourth-order valence-electron chi connectivity index (χ4n) is 3.51. The number of hydrogen-bond acceptors (Lipinski definition) is 5. The van der Waals surface area contributed by atoms with Gasteiger partial charge in [0.05, 0.1) is 16.8 Å². The molecule has 4 rings (SSSR count). The molecule has 30 heavy (non-hydrogen) atoms. The number of nitrogens with one attached hydrogen (secondary N) is 1. The Labute approximate surface area is 169 Å². The summed E-state index contributed by atoms with van der Waals surface area (Å²) in [6, 6.07) is 8.76. The number of benzene rings is 2. The third-order valence-electron chi connectivity index (χ3n) is 5.09. The van der Waals surface area contributed by atoms with Crippen LogP contribution in [-0.2, 0) is 25.7 Å². The Hall–Kier alpha value is -3.33. The van der Waals surface area contributed by atoms with Gasteiger partial charge in [-0.05, 0) is 30.3 Å². The lowest BCUT2D eigenvalue weighted by atomic mass is 10.0. The average molecular weight is 417 g/mol. The lowest BCUT2D eigenvalue weighted by Crippen LogP contribution is -2.35. The molecule has 1 aliphatic rings. The van der Waals surface area contributed by atoms with E-state index in [-0.39, 0.29) is 22.9 Å². The van der Waals surface area contributed by atoms with Crippen molar-refractivity contribution in [1.29, 1.82) is 0 Å². The van der Waals surface area contributed by atoms with E-state index in [2.05, 4.69) is 9.97 Å². The minimum atomic E-state index is -4.43. The van der Waals surface area contributed by atoms with Crippen LogP contribution < -0.4 is 5.56 Å². The Balaban J connectivity index is 1.57. The van der Waals surface area contributed by atoms with Gasteiger partial charge in [0.25, 0.3) is 5.56 Å². The van der Waals surface area contributed by atoms with E-state index in [9.17, 15) is 28.2 Å². The summed E-state index contributed by atoms with van der Waals surface area (Å²) < 4.78 is 38.2. The molecule has 0 aliphatic carbocycles. The van der Waals surface area contributed by atoms with Crippen LogP contribution in [0.25, 0.3) is 11.4 Å². The van der Waals surface area contributed by atoms with Crippen LogP contribution in [-0.4, -0.2) is 31.6 Å². The van der Waals surface area contributed by atoms with Gasteiger partial charge in [-0.15, -0.1) is 0 Å². The first-order chi connectivity index (χ1) is 14.2. The molecular formula is C21H18F3N3O3. The molecular weight excluding hydrogens is 399 g/mol. The number of aromatic nitrogens is 2. The predicted molar refractivity (Wildman–Crippen MR) is 103 cm³/mol. The number of H-pyrrole nitrogens is 1. The SMILES string of the molecule is O=c1[nH]c(-c2ccc(C(F)(F)F)cc2)nc2c1CN(Cc1cc(O)ccc1O)CC2. The van der Waals surface area contributed by atoms with E-state index in [0.29, 0.717) is 48.4 Å². The van der Waals surface area contributed by atoms with Crippen molar-refractivity contribution in [2.45, 2.75) is 25.7 Å². The molecule has 0 saturated heterocycles. The smallest absolute Gasteiger partial charge is 0.416 e. The van der Waals surface area contributed by atoms with Gasteiger partial charge < -0.3 is 15.2 Å². The van der Waals surface area contributed by atoms with Gasteiger partial charge in [-0.1, -0.05) is 12.1 Å². The topological polar surface area (TPSA) is 89.5 Å². The molecule has 3 aromatic rings. The lowest BCUT2D eigenvalue weighted by Gasteiger charge is -2.28. The van der Waals surface area contributed by atoms with Crippen molar-refractivity contribution in [3.63, 3.8) is 0 Å². The number of phenolic OH excluding ortho intramolecular Hbond substituents is 2. The predicted octanol–water partition coefficient (Wildman–Crippen LogP) is 3.43. The van der Waals surface area contributed by atoms with Crippen molar-refractivity contribution >= 4 is 0 Å². The maximum Gasteiger partial charge on any atom is 0.416 e. The molecule has 1 aromatic heterocycles. The Morgan fingerprint density at radius 3 is 2.53 bits per heavy atom. The van der Waals surface area contributed by atoms with E-state index in [0.717, 1.165) is 12.1 Å². The van der Waals surface area contributed by atoms with E-state index >= 15 is 0 Å². The first kappa shape index (κ1) is 20.0. The van der Waals surface area contributed by atoms with E-state index in [1.807, 2.05) is 4.90 Å². The Kier molecular flexibility index (Phi) is 4.98. The maximum atomic E-state index is 12.7. The van der Waals surface area contributed by atoms with Crippen LogP contribution in [0.1, 0.15) is 22.4 Å². The van der Waals surface area contributed by atoms with Crippen molar-refractivity contribution < 1.29 is 23.4 Å². The number of alkyl halides is 3. The molecule has 156 valence electrons. The summed E-state index contributed by atoms with van der Waals surface area (Å²) in [7, 11) is 0. The number of hydrogen-bond donors (Lipinski definition) is 3. The van der Waals surface area contributed by atoms with Crippen molar-refractivity contribution in [3.05, 3.63) is 75.2 Å². The first-order valence-electron chi connectivity index (χ1n) is 9.23. The second-order valence-corrected chi connectivity index (χ2v) is 7.19. The third kappa shape index (κ3) is 4.02. The molecule has 0 unspecified atom stereocenters. The van der Waals surface area contributed by atoms with E-state index < -0.39 is 11.7 Å². The molecule has 2 aromatic carbocycles. The minimum absolute atomic E-state index is 0.0425. The largest absolute Gasteiger partial charge is 0.508 e. The van der Waals surface area contributed by atoms with Gasteiger partial charge in [0.15, 0.2) is 0 Å². The summed E-state index contributed by atoms with van der Waals surface area (Å²) in [4.78, 5) is 21.7. The quantitative estimate of drug-likeness (QED) is 0.569. The van der Waals surface area contributed by atoms with Gasteiger partial charge in [0.2, 0.25) is 0 Å². The zero-order valence-corrected chi connectivity index (χ0v) is 15.7. The van der Waals surface area contributed by atoms with Crippen molar-refractivity contribution in [2.24, 2.45) is 0 Å². The number of halogens is 3. The molecule has 0 saturated carbocycles. The highest BCUT2D eigenvalue weighted by Gasteiger charge is 2.30. The molecule has 3 N–H and O–H groups in total. The Morgan fingerprint density at radius 2 is 1.83 bits per heavy atom. The normalized spacial score (nSPS) is 14.5. The second kappa shape index (κ2) is 7.49. The van der Waals surface area contributed by atoms with Crippen LogP contribution in [0.4, 0.5) is 13.2 Å². The van der Waals surface area contributed by atoms with E-state index in [4.69, 9.17) is 0 Å². The van der Waals surface area contributed by atoms with Crippen molar-refractivity contribution in [3.8, 4) is 22.9 Å². The van der Waals surface area contributed by atoms with Gasteiger partial charge in [-0.25, -0.2) is 4.98 Å². The highest BCUT2D eigenvalue weighted by molar-refractivity contribution is 5.56. The fourth-order valence-corrected chi connectivity index (χ4v) is 3.51. The van der Waals surface area contributed by atoms with Crippen LogP contribution >= 0.6 is 0 Å². The van der Waals surface area contributed by atoms with Crippen LogP contribution in [0.3, 0.4) is 0 Å². The minimum Gasteiger partial charge on any atom is -0.508 e. The van der Waals surface area contributed by atoms with Crippen LogP contribution in [0.15, 0.2) is 47.3 Å². The van der Waals surface area contributed by atoms with Gasteiger partial charge in [0, 0.05) is 37.2 Å².